The van der Waals surface area contributed by atoms with Gasteiger partial charge in [-0.3, -0.25) is 0 Å². The van der Waals surface area contributed by atoms with E-state index in [1.807, 2.05) is 18.2 Å². The number of carbonyl (C=O) groups is 2. The van der Waals surface area contributed by atoms with Gasteiger partial charge in [0.1, 0.15) is 0 Å². The smallest absolute Gasteiger partial charge is 0.337 e. The monoisotopic (exact) mass is 379 g/mol. The van der Waals surface area contributed by atoms with Gasteiger partial charge in [0.25, 0.3) is 0 Å². The molecule has 0 spiro atoms. The van der Waals surface area contributed by atoms with Crippen molar-refractivity contribution in [2.75, 3.05) is 19.7 Å². The molecule has 0 saturated heterocycles. The molecule has 0 fully saturated rings. The molecular formula is C22H25N3O3. The molecule has 0 aromatic heterocycles. The highest BCUT2D eigenvalue weighted by Crippen LogP contribution is 2.23. The Kier molecular flexibility index (Phi) is 6.45. The van der Waals surface area contributed by atoms with E-state index < -0.39 is 5.97 Å². The lowest BCUT2D eigenvalue weighted by Crippen LogP contribution is -2.46. The molecule has 0 aliphatic carbocycles. The first-order valence-corrected chi connectivity index (χ1v) is 9.37. The second-order valence-electron chi connectivity index (χ2n) is 6.62. The van der Waals surface area contributed by atoms with Gasteiger partial charge >= 0.3 is 12.0 Å². The van der Waals surface area contributed by atoms with Crippen molar-refractivity contribution in [3.63, 3.8) is 0 Å². The van der Waals surface area contributed by atoms with Crippen LogP contribution in [-0.4, -0.2) is 31.7 Å². The summed E-state index contributed by atoms with van der Waals surface area (Å²) in [6, 6.07) is 18.0. The summed E-state index contributed by atoms with van der Waals surface area (Å²) in [6.07, 6.45) is 0. The van der Waals surface area contributed by atoms with E-state index in [9.17, 15) is 9.59 Å². The predicted molar refractivity (Wildman–Crippen MR) is 108 cm³/mol. The molecule has 2 amide bonds. The number of aryl methyl sites for hydroxylation is 1. The molecule has 1 aliphatic heterocycles. The van der Waals surface area contributed by atoms with E-state index in [1.54, 1.807) is 6.92 Å². The summed E-state index contributed by atoms with van der Waals surface area (Å²) in [6.45, 7) is 4.58. The standard InChI is InChI=1S/C22H25N3O3/c1-3-28-21(26)18-13-24-22(27)25-19(18)14-23-20(16-7-5-4-6-8-16)17-11-9-15(2)10-12-17/h4-12,20,23H,3,13-14H2,1-2H3,(H2,24,25,27)/t20-/m0/s1. The van der Waals surface area contributed by atoms with E-state index in [4.69, 9.17) is 4.74 Å². The fraction of sp³-hybridized carbons (Fsp3) is 0.273. The number of nitrogens with one attached hydrogen (secondary N) is 3. The lowest BCUT2D eigenvalue weighted by molar-refractivity contribution is -0.138. The van der Waals surface area contributed by atoms with Crippen LogP contribution in [0.4, 0.5) is 4.79 Å². The quantitative estimate of drug-likeness (QED) is 0.647. The molecular weight excluding hydrogens is 354 g/mol. The fourth-order valence-corrected chi connectivity index (χ4v) is 3.13. The zero-order valence-corrected chi connectivity index (χ0v) is 16.1. The lowest BCUT2D eigenvalue weighted by atomic mass is 9.97. The van der Waals surface area contributed by atoms with Crippen molar-refractivity contribution >= 4 is 12.0 Å². The second-order valence-corrected chi connectivity index (χ2v) is 6.62. The number of benzene rings is 2. The zero-order chi connectivity index (χ0) is 19.9. The molecule has 0 saturated carbocycles. The van der Waals surface area contributed by atoms with Gasteiger partial charge < -0.3 is 20.7 Å². The summed E-state index contributed by atoms with van der Waals surface area (Å²) in [5.74, 6) is -0.418. The number of hydrogen-bond acceptors (Lipinski definition) is 4. The third-order valence-electron chi connectivity index (χ3n) is 4.60. The van der Waals surface area contributed by atoms with Crippen molar-refractivity contribution in [1.82, 2.24) is 16.0 Å². The highest BCUT2D eigenvalue weighted by atomic mass is 16.5. The van der Waals surface area contributed by atoms with E-state index in [0.29, 0.717) is 17.8 Å². The van der Waals surface area contributed by atoms with Crippen LogP contribution in [0.25, 0.3) is 0 Å². The van der Waals surface area contributed by atoms with Crippen molar-refractivity contribution in [2.24, 2.45) is 0 Å². The number of esters is 1. The molecule has 0 bridgehead atoms. The van der Waals surface area contributed by atoms with Crippen molar-refractivity contribution in [3.8, 4) is 0 Å². The summed E-state index contributed by atoms with van der Waals surface area (Å²) < 4.78 is 5.12. The van der Waals surface area contributed by atoms with Crippen LogP contribution in [0.5, 0.6) is 0 Å². The first-order chi connectivity index (χ1) is 13.6. The minimum Gasteiger partial charge on any atom is -0.463 e. The summed E-state index contributed by atoms with van der Waals surface area (Å²) in [7, 11) is 0. The van der Waals surface area contributed by atoms with Gasteiger partial charge in [-0.2, -0.15) is 0 Å². The number of hydrogen-bond donors (Lipinski definition) is 3. The van der Waals surface area contributed by atoms with Gasteiger partial charge in [0.15, 0.2) is 0 Å². The molecule has 6 heteroatoms. The van der Waals surface area contributed by atoms with Crippen molar-refractivity contribution < 1.29 is 14.3 Å². The van der Waals surface area contributed by atoms with Crippen LogP contribution in [0.15, 0.2) is 65.9 Å². The van der Waals surface area contributed by atoms with Crippen LogP contribution in [0.3, 0.4) is 0 Å². The van der Waals surface area contributed by atoms with Crippen LogP contribution in [-0.2, 0) is 9.53 Å². The van der Waals surface area contributed by atoms with Crippen LogP contribution in [0.1, 0.15) is 29.7 Å². The zero-order valence-electron chi connectivity index (χ0n) is 16.1. The van der Waals surface area contributed by atoms with E-state index in [-0.39, 0.29) is 25.2 Å². The molecule has 1 aliphatic rings. The minimum atomic E-state index is -0.418. The highest BCUT2D eigenvalue weighted by molar-refractivity contribution is 5.93. The molecule has 3 rings (SSSR count). The summed E-state index contributed by atoms with van der Waals surface area (Å²) >= 11 is 0. The Labute approximate surface area is 165 Å². The maximum Gasteiger partial charge on any atom is 0.337 e. The predicted octanol–water partition coefficient (Wildman–Crippen LogP) is 2.80. The normalized spacial score (nSPS) is 14.9. The maximum atomic E-state index is 12.2. The Hall–Kier alpha value is -3.12. The molecule has 1 heterocycles. The molecule has 2 aromatic carbocycles. The van der Waals surface area contributed by atoms with Gasteiger partial charge in [0, 0.05) is 12.2 Å². The van der Waals surface area contributed by atoms with Crippen molar-refractivity contribution in [2.45, 2.75) is 19.9 Å². The Morgan fingerprint density at radius 2 is 1.79 bits per heavy atom. The Morgan fingerprint density at radius 3 is 2.46 bits per heavy atom. The van der Waals surface area contributed by atoms with E-state index in [0.717, 1.165) is 11.1 Å². The van der Waals surface area contributed by atoms with Crippen molar-refractivity contribution in [1.29, 1.82) is 0 Å². The van der Waals surface area contributed by atoms with E-state index in [2.05, 4.69) is 59.3 Å². The topological polar surface area (TPSA) is 79.5 Å². The van der Waals surface area contributed by atoms with Crippen LogP contribution < -0.4 is 16.0 Å². The van der Waals surface area contributed by atoms with Gasteiger partial charge in [0.05, 0.1) is 24.8 Å². The SMILES string of the molecule is CCOC(=O)C1=C(CN[C@@H](c2ccccc2)c2ccc(C)cc2)NC(=O)NC1. The molecule has 3 N–H and O–H groups in total. The first-order valence-electron chi connectivity index (χ1n) is 9.37. The number of urea groups is 1. The highest BCUT2D eigenvalue weighted by Gasteiger charge is 2.24. The number of ether oxygens (including phenoxy) is 1. The molecule has 28 heavy (non-hydrogen) atoms. The average molecular weight is 379 g/mol. The van der Waals surface area contributed by atoms with Gasteiger partial charge in [0.2, 0.25) is 0 Å². The Balaban J connectivity index is 1.86. The van der Waals surface area contributed by atoms with Crippen molar-refractivity contribution in [3.05, 3.63) is 82.6 Å². The van der Waals surface area contributed by atoms with Crippen LogP contribution >= 0.6 is 0 Å². The first kappa shape index (κ1) is 19.6. The summed E-state index contributed by atoms with van der Waals surface area (Å²) in [5.41, 5.74) is 4.37. The minimum absolute atomic E-state index is 0.0791. The molecule has 146 valence electrons. The summed E-state index contributed by atoms with van der Waals surface area (Å²) in [5, 5.41) is 8.84. The van der Waals surface area contributed by atoms with Crippen LogP contribution in [0.2, 0.25) is 0 Å². The number of carbonyl (C=O) groups excluding carboxylic acids is 2. The number of amides is 2. The largest absolute Gasteiger partial charge is 0.463 e. The van der Waals surface area contributed by atoms with Gasteiger partial charge in [-0.1, -0.05) is 60.2 Å². The molecule has 2 aromatic rings. The number of rotatable bonds is 7. The Bertz CT molecular complexity index is 860. The van der Waals surface area contributed by atoms with Crippen LogP contribution in [0, 0.1) is 6.92 Å². The average Bonchev–Trinajstić information content (AvgIpc) is 2.70. The summed E-state index contributed by atoms with van der Waals surface area (Å²) in [4.78, 5) is 24.0. The third-order valence-corrected chi connectivity index (χ3v) is 4.60. The second kappa shape index (κ2) is 9.19. The van der Waals surface area contributed by atoms with E-state index in [1.165, 1.54) is 5.56 Å². The third kappa shape index (κ3) is 4.78. The fourth-order valence-electron chi connectivity index (χ4n) is 3.13. The maximum absolute atomic E-state index is 12.2. The molecule has 1 atom stereocenters. The van der Waals surface area contributed by atoms with Gasteiger partial charge in [-0.05, 0) is 25.0 Å². The molecule has 0 radical (unpaired) electrons. The van der Waals surface area contributed by atoms with E-state index >= 15 is 0 Å². The molecule has 6 nitrogen and oxygen atoms in total. The van der Waals surface area contributed by atoms with Gasteiger partial charge in [-0.25, -0.2) is 9.59 Å². The lowest BCUT2D eigenvalue weighted by Gasteiger charge is -2.25. The van der Waals surface area contributed by atoms with Gasteiger partial charge in [-0.15, -0.1) is 0 Å². The molecule has 0 unspecified atom stereocenters. The Morgan fingerprint density at radius 1 is 1.11 bits per heavy atom.